The summed E-state index contributed by atoms with van der Waals surface area (Å²) in [6.45, 7) is 3.51. The number of fused-ring (bicyclic) bond motifs is 1. The summed E-state index contributed by atoms with van der Waals surface area (Å²) in [7, 11) is 0. The molecule has 76 valence electrons. The second-order valence-electron chi connectivity index (χ2n) is 4.40. The molecule has 0 radical (unpaired) electrons. The molecule has 1 saturated heterocycles. The van der Waals surface area contributed by atoms with E-state index in [9.17, 15) is 0 Å². The molecule has 2 aliphatic rings. The average molecular weight is 191 g/mol. The highest BCUT2D eigenvalue weighted by atomic mass is 15.1. The van der Waals surface area contributed by atoms with Crippen LogP contribution in [0.3, 0.4) is 0 Å². The number of imidazole rings is 1. The molecule has 0 aliphatic carbocycles. The van der Waals surface area contributed by atoms with Gasteiger partial charge in [0.15, 0.2) is 0 Å². The largest absolute Gasteiger partial charge is 0.332 e. The first-order valence-electron chi connectivity index (χ1n) is 5.70. The smallest absolute Gasteiger partial charge is 0.108 e. The standard InChI is InChI=1S/C11H17N3/c1-2-6-14-10(8-13-11(14)3-1)9-4-5-12-7-9/h8-9,12H,1-7H2. The van der Waals surface area contributed by atoms with Crippen molar-refractivity contribution in [3.05, 3.63) is 17.7 Å². The van der Waals surface area contributed by atoms with Gasteiger partial charge >= 0.3 is 0 Å². The highest BCUT2D eigenvalue weighted by Crippen LogP contribution is 2.26. The minimum Gasteiger partial charge on any atom is -0.332 e. The van der Waals surface area contributed by atoms with Gasteiger partial charge in [-0.15, -0.1) is 0 Å². The molecular formula is C11H17N3. The Bertz CT molecular complexity index is 323. The lowest BCUT2D eigenvalue weighted by Crippen LogP contribution is -2.16. The van der Waals surface area contributed by atoms with Crippen LogP contribution in [0.4, 0.5) is 0 Å². The normalized spacial score (nSPS) is 26.4. The summed E-state index contributed by atoms with van der Waals surface area (Å²) >= 11 is 0. The number of aryl methyl sites for hydroxylation is 1. The summed E-state index contributed by atoms with van der Waals surface area (Å²) in [6, 6.07) is 0. The van der Waals surface area contributed by atoms with Crippen molar-refractivity contribution in [2.75, 3.05) is 13.1 Å². The van der Waals surface area contributed by atoms with E-state index in [1.54, 1.807) is 0 Å². The quantitative estimate of drug-likeness (QED) is 0.725. The van der Waals surface area contributed by atoms with Crippen LogP contribution in [0.15, 0.2) is 6.20 Å². The molecule has 2 aliphatic heterocycles. The number of nitrogens with zero attached hydrogens (tertiary/aromatic N) is 2. The minimum atomic E-state index is 0.717. The van der Waals surface area contributed by atoms with Crippen LogP contribution in [0.25, 0.3) is 0 Å². The molecule has 1 N–H and O–H groups in total. The first-order chi connectivity index (χ1) is 6.95. The zero-order valence-electron chi connectivity index (χ0n) is 8.50. The molecule has 14 heavy (non-hydrogen) atoms. The number of nitrogens with one attached hydrogen (secondary N) is 1. The molecule has 0 saturated carbocycles. The minimum absolute atomic E-state index is 0.717. The van der Waals surface area contributed by atoms with E-state index in [0.29, 0.717) is 5.92 Å². The molecule has 1 aromatic heterocycles. The number of rotatable bonds is 1. The Morgan fingerprint density at radius 3 is 3.29 bits per heavy atom. The van der Waals surface area contributed by atoms with Crippen LogP contribution in [-0.2, 0) is 13.0 Å². The second-order valence-corrected chi connectivity index (χ2v) is 4.40. The Balaban J connectivity index is 1.93. The van der Waals surface area contributed by atoms with Gasteiger partial charge < -0.3 is 9.88 Å². The van der Waals surface area contributed by atoms with Crippen LogP contribution in [-0.4, -0.2) is 22.6 Å². The number of aromatic nitrogens is 2. The lowest BCUT2D eigenvalue weighted by atomic mass is 10.0. The summed E-state index contributed by atoms with van der Waals surface area (Å²) in [5, 5.41) is 3.43. The van der Waals surface area contributed by atoms with E-state index in [0.717, 1.165) is 6.54 Å². The molecule has 3 rings (SSSR count). The molecule has 3 heteroatoms. The maximum Gasteiger partial charge on any atom is 0.108 e. The first-order valence-corrected chi connectivity index (χ1v) is 5.70. The fourth-order valence-electron chi connectivity index (χ4n) is 2.67. The van der Waals surface area contributed by atoms with Crippen molar-refractivity contribution < 1.29 is 0 Å². The van der Waals surface area contributed by atoms with Gasteiger partial charge in [0.2, 0.25) is 0 Å². The van der Waals surface area contributed by atoms with Gasteiger partial charge in [0, 0.05) is 37.3 Å². The van der Waals surface area contributed by atoms with Crippen LogP contribution >= 0.6 is 0 Å². The topological polar surface area (TPSA) is 29.9 Å². The zero-order valence-corrected chi connectivity index (χ0v) is 8.50. The van der Waals surface area contributed by atoms with E-state index in [1.807, 2.05) is 0 Å². The maximum atomic E-state index is 4.54. The molecule has 0 spiro atoms. The van der Waals surface area contributed by atoms with E-state index < -0.39 is 0 Å². The van der Waals surface area contributed by atoms with Crippen LogP contribution in [0.1, 0.15) is 36.7 Å². The molecule has 1 aromatic rings. The Morgan fingerprint density at radius 2 is 2.43 bits per heavy atom. The average Bonchev–Trinajstić information content (AvgIpc) is 2.85. The molecule has 0 aromatic carbocycles. The third-order valence-corrected chi connectivity index (χ3v) is 3.48. The summed E-state index contributed by atoms with van der Waals surface area (Å²) in [4.78, 5) is 4.54. The summed E-state index contributed by atoms with van der Waals surface area (Å²) in [6.07, 6.45) is 7.22. The third kappa shape index (κ3) is 1.27. The van der Waals surface area contributed by atoms with Gasteiger partial charge in [0.25, 0.3) is 0 Å². The zero-order chi connectivity index (χ0) is 9.38. The molecule has 1 unspecified atom stereocenters. The highest BCUT2D eigenvalue weighted by Gasteiger charge is 2.23. The fraction of sp³-hybridized carbons (Fsp3) is 0.727. The molecule has 3 heterocycles. The van der Waals surface area contributed by atoms with Crippen molar-refractivity contribution in [2.45, 2.75) is 38.1 Å². The molecule has 3 nitrogen and oxygen atoms in total. The maximum absolute atomic E-state index is 4.54. The van der Waals surface area contributed by atoms with Gasteiger partial charge in [-0.3, -0.25) is 0 Å². The number of hydrogen-bond donors (Lipinski definition) is 1. The summed E-state index contributed by atoms with van der Waals surface area (Å²) in [5.41, 5.74) is 1.48. The van der Waals surface area contributed by atoms with Crippen LogP contribution in [0.5, 0.6) is 0 Å². The highest BCUT2D eigenvalue weighted by molar-refractivity contribution is 5.14. The van der Waals surface area contributed by atoms with E-state index >= 15 is 0 Å². The fourth-order valence-corrected chi connectivity index (χ4v) is 2.67. The van der Waals surface area contributed by atoms with Crippen molar-refractivity contribution in [1.82, 2.24) is 14.9 Å². The first kappa shape index (κ1) is 8.48. The number of hydrogen-bond acceptors (Lipinski definition) is 2. The van der Waals surface area contributed by atoms with Gasteiger partial charge in [0.1, 0.15) is 5.82 Å². The predicted molar refractivity (Wildman–Crippen MR) is 55.4 cm³/mol. The molecular weight excluding hydrogens is 174 g/mol. The molecule has 1 atom stereocenters. The second kappa shape index (κ2) is 3.39. The molecule has 0 amide bonds. The Labute approximate surface area is 84.5 Å². The SMILES string of the molecule is c1nc2n(c1C1CCNC1)CCCC2. The van der Waals surface area contributed by atoms with Crippen LogP contribution < -0.4 is 5.32 Å². The van der Waals surface area contributed by atoms with E-state index in [2.05, 4.69) is 21.1 Å². The van der Waals surface area contributed by atoms with Crippen LogP contribution in [0, 0.1) is 0 Å². The monoisotopic (exact) mass is 191 g/mol. The van der Waals surface area contributed by atoms with Crippen molar-refractivity contribution in [3.63, 3.8) is 0 Å². The Hall–Kier alpha value is -0.830. The molecule has 1 fully saturated rings. The Morgan fingerprint density at radius 1 is 1.43 bits per heavy atom. The summed E-state index contributed by atoms with van der Waals surface area (Å²) in [5.74, 6) is 2.03. The lowest BCUT2D eigenvalue weighted by molar-refractivity contribution is 0.496. The summed E-state index contributed by atoms with van der Waals surface area (Å²) < 4.78 is 2.46. The van der Waals surface area contributed by atoms with Gasteiger partial charge in [0.05, 0.1) is 0 Å². The predicted octanol–water partition coefficient (Wildman–Crippen LogP) is 1.30. The third-order valence-electron chi connectivity index (χ3n) is 3.48. The van der Waals surface area contributed by atoms with Gasteiger partial charge in [-0.25, -0.2) is 4.98 Å². The van der Waals surface area contributed by atoms with Crippen molar-refractivity contribution in [2.24, 2.45) is 0 Å². The van der Waals surface area contributed by atoms with Gasteiger partial charge in [-0.1, -0.05) is 0 Å². The van der Waals surface area contributed by atoms with Crippen molar-refractivity contribution >= 4 is 0 Å². The van der Waals surface area contributed by atoms with Gasteiger partial charge in [-0.05, 0) is 25.8 Å². The van der Waals surface area contributed by atoms with E-state index in [-0.39, 0.29) is 0 Å². The van der Waals surface area contributed by atoms with Gasteiger partial charge in [-0.2, -0.15) is 0 Å². The van der Waals surface area contributed by atoms with Crippen molar-refractivity contribution in [3.8, 4) is 0 Å². The lowest BCUT2D eigenvalue weighted by Gasteiger charge is -2.18. The Kier molecular flexibility index (Phi) is 2.05. The van der Waals surface area contributed by atoms with Crippen molar-refractivity contribution in [1.29, 1.82) is 0 Å². The van der Waals surface area contributed by atoms with Crippen LogP contribution in [0.2, 0.25) is 0 Å². The van der Waals surface area contributed by atoms with E-state index in [1.165, 1.54) is 50.3 Å². The molecule has 0 bridgehead atoms. The van der Waals surface area contributed by atoms with E-state index in [4.69, 9.17) is 0 Å².